The highest BCUT2D eigenvalue weighted by molar-refractivity contribution is 6.30. The van der Waals surface area contributed by atoms with E-state index in [1.54, 1.807) is 0 Å². The summed E-state index contributed by atoms with van der Waals surface area (Å²) in [5.74, 6) is 0.313. The van der Waals surface area contributed by atoms with Crippen molar-refractivity contribution in [2.24, 2.45) is 11.7 Å². The van der Waals surface area contributed by atoms with E-state index >= 15 is 0 Å². The van der Waals surface area contributed by atoms with Crippen LogP contribution in [-0.4, -0.2) is 17.5 Å². The van der Waals surface area contributed by atoms with Crippen LogP contribution in [-0.2, 0) is 11.2 Å². The summed E-state index contributed by atoms with van der Waals surface area (Å²) in [4.78, 5) is 12.5. The van der Waals surface area contributed by atoms with Crippen molar-refractivity contribution < 1.29 is 4.79 Å². The van der Waals surface area contributed by atoms with Gasteiger partial charge in [-0.25, -0.2) is 0 Å². The Bertz CT molecular complexity index is 510. The van der Waals surface area contributed by atoms with Crippen molar-refractivity contribution in [2.75, 3.05) is 0 Å². The predicted octanol–water partition coefficient (Wildman–Crippen LogP) is 3.05. The van der Waals surface area contributed by atoms with Crippen LogP contribution in [0, 0.1) is 5.92 Å². The van der Waals surface area contributed by atoms with Crippen LogP contribution in [0.15, 0.2) is 24.3 Å². The van der Waals surface area contributed by atoms with Gasteiger partial charge >= 0.3 is 0 Å². The summed E-state index contributed by atoms with van der Waals surface area (Å²) in [6.45, 7) is 0. The summed E-state index contributed by atoms with van der Waals surface area (Å²) in [6.07, 6.45) is 6.98. The molecule has 3 N–H and O–H groups in total. The molecule has 3 nitrogen and oxygen atoms in total. The van der Waals surface area contributed by atoms with Crippen molar-refractivity contribution in [3.63, 3.8) is 0 Å². The molecule has 3 rings (SSSR count). The maximum absolute atomic E-state index is 12.5. The smallest absolute Gasteiger partial charge is 0.223 e. The number of amides is 1. The van der Waals surface area contributed by atoms with Crippen LogP contribution in [0.1, 0.15) is 44.1 Å². The molecule has 0 spiro atoms. The molecule has 1 amide bonds. The third-order valence-corrected chi connectivity index (χ3v) is 5.04. The summed E-state index contributed by atoms with van der Waals surface area (Å²) >= 11 is 5.92. The van der Waals surface area contributed by atoms with E-state index in [9.17, 15) is 4.79 Å². The molecule has 1 aromatic carbocycles. The Morgan fingerprint density at radius 1 is 1.29 bits per heavy atom. The normalized spacial score (nSPS) is 27.1. The van der Waals surface area contributed by atoms with E-state index in [1.807, 2.05) is 24.3 Å². The van der Waals surface area contributed by atoms with Gasteiger partial charge in [0, 0.05) is 22.5 Å². The number of hydrogen-bond acceptors (Lipinski definition) is 2. The molecule has 0 heterocycles. The highest BCUT2D eigenvalue weighted by atomic mass is 35.5. The van der Waals surface area contributed by atoms with Crippen molar-refractivity contribution in [2.45, 2.75) is 56.5 Å². The minimum absolute atomic E-state index is 0.0214. The van der Waals surface area contributed by atoms with Crippen LogP contribution in [0.2, 0.25) is 5.02 Å². The third-order valence-electron chi connectivity index (χ3n) is 4.78. The molecule has 4 heteroatoms. The van der Waals surface area contributed by atoms with Crippen LogP contribution >= 0.6 is 11.6 Å². The van der Waals surface area contributed by atoms with Crippen molar-refractivity contribution >= 4 is 17.5 Å². The molecule has 0 unspecified atom stereocenters. The molecule has 0 aliphatic heterocycles. The molecular weight excluding hydrogens is 284 g/mol. The summed E-state index contributed by atoms with van der Waals surface area (Å²) in [6, 6.07) is 8.11. The number of rotatable bonds is 4. The van der Waals surface area contributed by atoms with Crippen LogP contribution < -0.4 is 11.1 Å². The van der Waals surface area contributed by atoms with Gasteiger partial charge in [0.15, 0.2) is 0 Å². The Labute approximate surface area is 131 Å². The predicted molar refractivity (Wildman–Crippen MR) is 85.2 cm³/mol. The molecule has 21 heavy (non-hydrogen) atoms. The fourth-order valence-corrected chi connectivity index (χ4v) is 3.44. The number of halogens is 1. The average Bonchev–Trinajstić information content (AvgIpc) is 3.21. The lowest BCUT2D eigenvalue weighted by molar-refractivity contribution is -0.127. The number of benzene rings is 1. The maximum Gasteiger partial charge on any atom is 0.223 e. The highest BCUT2D eigenvalue weighted by Gasteiger charge is 2.45. The fourth-order valence-electron chi connectivity index (χ4n) is 3.32. The summed E-state index contributed by atoms with van der Waals surface area (Å²) in [5.41, 5.74) is 7.20. The molecule has 0 radical (unpaired) electrons. The lowest BCUT2D eigenvalue weighted by Crippen LogP contribution is -2.44. The lowest BCUT2D eigenvalue weighted by Gasteiger charge is -2.28. The Kier molecular flexibility index (Phi) is 4.23. The number of hydrogen-bond donors (Lipinski definition) is 2. The van der Waals surface area contributed by atoms with Crippen LogP contribution in [0.5, 0.6) is 0 Å². The quantitative estimate of drug-likeness (QED) is 0.898. The SMILES string of the molecule is N[C@H]1CCC[C@@H](C(=O)NC2(Cc3ccc(Cl)cc3)CC2)C1. The van der Waals surface area contributed by atoms with Gasteiger partial charge in [-0.3, -0.25) is 4.79 Å². The molecule has 2 fully saturated rings. The molecule has 0 bridgehead atoms. The number of carbonyl (C=O) groups excluding carboxylic acids is 1. The highest BCUT2D eigenvalue weighted by Crippen LogP contribution is 2.39. The molecule has 114 valence electrons. The van der Waals surface area contributed by atoms with E-state index in [2.05, 4.69) is 5.32 Å². The molecule has 2 aliphatic rings. The molecule has 2 atom stereocenters. The van der Waals surface area contributed by atoms with Crippen molar-refractivity contribution in [1.82, 2.24) is 5.32 Å². The molecule has 1 aromatic rings. The number of nitrogens with two attached hydrogens (primary N) is 1. The zero-order valence-electron chi connectivity index (χ0n) is 12.3. The standard InChI is InChI=1S/C17H23ClN2O/c18-14-6-4-12(5-7-14)11-17(8-9-17)20-16(21)13-2-1-3-15(19)10-13/h4-7,13,15H,1-3,8-11,19H2,(H,20,21)/t13-,15+/m1/s1. The van der Waals surface area contributed by atoms with Crippen LogP contribution in [0.4, 0.5) is 0 Å². The first-order valence-corrected chi connectivity index (χ1v) is 8.26. The van der Waals surface area contributed by atoms with E-state index in [0.717, 1.165) is 50.0 Å². The van der Waals surface area contributed by atoms with Gasteiger partial charge in [-0.15, -0.1) is 0 Å². The van der Waals surface area contributed by atoms with Gasteiger partial charge in [0.05, 0.1) is 0 Å². The van der Waals surface area contributed by atoms with E-state index in [0.29, 0.717) is 0 Å². The maximum atomic E-state index is 12.5. The van der Waals surface area contributed by atoms with Gasteiger partial charge in [0.2, 0.25) is 5.91 Å². The number of carbonyl (C=O) groups is 1. The van der Waals surface area contributed by atoms with E-state index < -0.39 is 0 Å². The van der Waals surface area contributed by atoms with Gasteiger partial charge < -0.3 is 11.1 Å². The summed E-state index contributed by atoms with van der Waals surface area (Å²) < 4.78 is 0. The van der Waals surface area contributed by atoms with Gasteiger partial charge in [-0.1, -0.05) is 30.2 Å². The Morgan fingerprint density at radius 3 is 2.62 bits per heavy atom. The monoisotopic (exact) mass is 306 g/mol. The first kappa shape index (κ1) is 14.9. The minimum Gasteiger partial charge on any atom is -0.350 e. The molecule has 2 aliphatic carbocycles. The van der Waals surface area contributed by atoms with Crippen LogP contribution in [0.3, 0.4) is 0 Å². The van der Waals surface area contributed by atoms with E-state index in [-0.39, 0.29) is 23.4 Å². The van der Waals surface area contributed by atoms with Gasteiger partial charge in [0.1, 0.15) is 0 Å². The lowest BCUT2D eigenvalue weighted by atomic mass is 9.85. The minimum atomic E-state index is -0.0214. The zero-order valence-corrected chi connectivity index (χ0v) is 13.0. The average molecular weight is 307 g/mol. The van der Waals surface area contributed by atoms with Crippen molar-refractivity contribution in [1.29, 1.82) is 0 Å². The Hall–Kier alpha value is -1.06. The largest absolute Gasteiger partial charge is 0.350 e. The van der Waals surface area contributed by atoms with Crippen molar-refractivity contribution in [3.8, 4) is 0 Å². The van der Waals surface area contributed by atoms with E-state index in [4.69, 9.17) is 17.3 Å². The molecule has 0 saturated heterocycles. The summed E-state index contributed by atoms with van der Waals surface area (Å²) in [7, 11) is 0. The van der Waals surface area contributed by atoms with Gasteiger partial charge in [-0.05, 0) is 56.2 Å². The molecular formula is C17H23ClN2O. The zero-order chi connectivity index (χ0) is 14.9. The topological polar surface area (TPSA) is 55.1 Å². The first-order valence-electron chi connectivity index (χ1n) is 7.88. The summed E-state index contributed by atoms with van der Waals surface area (Å²) in [5, 5.41) is 4.05. The van der Waals surface area contributed by atoms with E-state index in [1.165, 1.54) is 5.56 Å². The van der Waals surface area contributed by atoms with Crippen molar-refractivity contribution in [3.05, 3.63) is 34.9 Å². The second kappa shape index (κ2) is 5.98. The number of nitrogens with one attached hydrogen (secondary N) is 1. The Morgan fingerprint density at radius 2 is 2.00 bits per heavy atom. The fraction of sp³-hybridized carbons (Fsp3) is 0.588. The first-order chi connectivity index (χ1) is 10.1. The van der Waals surface area contributed by atoms with Gasteiger partial charge in [-0.2, -0.15) is 0 Å². The van der Waals surface area contributed by atoms with Gasteiger partial charge in [0.25, 0.3) is 0 Å². The van der Waals surface area contributed by atoms with Crippen LogP contribution in [0.25, 0.3) is 0 Å². The Balaban J connectivity index is 1.58. The second-order valence-electron chi connectivity index (χ2n) is 6.70. The molecule has 0 aromatic heterocycles. The molecule has 2 saturated carbocycles. The second-order valence-corrected chi connectivity index (χ2v) is 7.13. The third kappa shape index (κ3) is 3.78.